The van der Waals surface area contributed by atoms with Gasteiger partial charge in [-0.2, -0.15) is 5.26 Å². The summed E-state index contributed by atoms with van der Waals surface area (Å²) in [4.78, 5) is 6.53. The van der Waals surface area contributed by atoms with Crippen LogP contribution in [0.1, 0.15) is 36.6 Å². The molecule has 0 aliphatic carbocycles. The molecule has 1 aromatic heterocycles. The van der Waals surface area contributed by atoms with Crippen molar-refractivity contribution < 1.29 is 0 Å². The first-order valence-electron chi connectivity index (χ1n) is 7.80. The monoisotopic (exact) mass is 291 g/mol. The zero-order chi connectivity index (χ0) is 15.6. The Labute approximate surface area is 132 Å². The van der Waals surface area contributed by atoms with Gasteiger partial charge in [0.05, 0.1) is 0 Å². The van der Waals surface area contributed by atoms with Crippen molar-refractivity contribution in [3.8, 4) is 6.07 Å². The summed E-state index contributed by atoms with van der Waals surface area (Å²) in [7, 11) is 0. The number of aryl methyl sites for hydroxylation is 1. The highest BCUT2D eigenvalue weighted by atomic mass is 15.2. The van der Waals surface area contributed by atoms with Crippen LogP contribution in [0, 0.1) is 18.3 Å². The summed E-state index contributed by atoms with van der Waals surface area (Å²) in [6.45, 7) is 5.51. The number of nitrogens with zero attached hydrogens (tertiary/aromatic N) is 3. The molecule has 112 valence electrons. The number of nitriles is 1. The van der Waals surface area contributed by atoms with Crippen molar-refractivity contribution in [1.29, 1.82) is 5.26 Å². The minimum Gasteiger partial charge on any atom is -0.366 e. The van der Waals surface area contributed by atoms with Gasteiger partial charge in [-0.25, -0.2) is 4.98 Å². The Balaban J connectivity index is 1.89. The minimum atomic E-state index is 0.0991. The Hall–Kier alpha value is -2.34. The van der Waals surface area contributed by atoms with Gasteiger partial charge in [-0.15, -0.1) is 0 Å². The van der Waals surface area contributed by atoms with E-state index < -0.39 is 0 Å². The van der Waals surface area contributed by atoms with E-state index in [1.54, 1.807) is 6.20 Å². The molecule has 0 bridgehead atoms. The zero-order valence-corrected chi connectivity index (χ0v) is 13.2. The fraction of sp³-hybridized carbons (Fsp3) is 0.368. The lowest BCUT2D eigenvalue weighted by molar-refractivity contribution is 0.464. The topological polar surface area (TPSA) is 39.9 Å². The average molecular weight is 291 g/mol. The summed E-state index contributed by atoms with van der Waals surface area (Å²) in [5.74, 6) is 0. The Morgan fingerprint density at radius 3 is 2.95 bits per heavy atom. The number of pyridine rings is 1. The molecule has 2 heterocycles. The maximum atomic E-state index is 9.07. The van der Waals surface area contributed by atoms with Crippen LogP contribution < -0.4 is 4.90 Å². The van der Waals surface area contributed by atoms with Gasteiger partial charge in [0.1, 0.15) is 11.8 Å². The first kappa shape index (κ1) is 14.6. The third kappa shape index (κ3) is 2.82. The van der Waals surface area contributed by atoms with Crippen molar-refractivity contribution in [3.05, 3.63) is 59.4 Å². The molecule has 0 N–H and O–H groups in total. The van der Waals surface area contributed by atoms with Crippen molar-refractivity contribution in [2.45, 2.75) is 38.6 Å². The van der Waals surface area contributed by atoms with Gasteiger partial charge in [0.2, 0.25) is 0 Å². The van der Waals surface area contributed by atoms with Crippen molar-refractivity contribution >= 4 is 5.69 Å². The van der Waals surface area contributed by atoms with E-state index in [-0.39, 0.29) is 5.54 Å². The van der Waals surface area contributed by atoms with Gasteiger partial charge in [-0.1, -0.05) is 29.8 Å². The van der Waals surface area contributed by atoms with Crippen LogP contribution in [0.3, 0.4) is 0 Å². The summed E-state index contributed by atoms with van der Waals surface area (Å²) < 4.78 is 0. The van der Waals surface area contributed by atoms with Gasteiger partial charge in [-0.05, 0) is 50.8 Å². The summed E-state index contributed by atoms with van der Waals surface area (Å²) in [6.07, 6.45) is 5.12. The predicted octanol–water partition coefficient (Wildman–Crippen LogP) is 3.86. The number of anilines is 1. The third-order valence-corrected chi connectivity index (χ3v) is 4.59. The second-order valence-electron chi connectivity index (χ2n) is 6.43. The lowest BCUT2D eigenvalue weighted by Gasteiger charge is -2.37. The third-order valence-electron chi connectivity index (χ3n) is 4.59. The van der Waals surface area contributed by atoms with Gasteiger partial charge in [0, 0.05) is 24.0 Å². The molecule has 3 nitrogen and oxygen atoms in total. The maximum absolute atomic E-state index is 9.07. The van der Waals surface area contributed by atoms with E-state index in [2.05, 4.69) is 54.1 Å². The lowest BCUT2D eigenvalue weighted by Crippen LogP contribution is -2.43. The van der Waals surface area contributed by atoms with Crippen LogP contribution in [0.25, 0.3) is 0 Å². The maximum Gasteiger partial charge on any atom is 0.142 e. The second-order valence-corrected chi connectivity index (χ2v) is 6.43. The molecule has 0 amide bonds. The predicted molar refractivity (Wildman–Crippen MR) is 88.8 cm³/mol. The summed E-state index contributed by atoms with van der Waals surface area (Å²) in [5, 5.41) is 9.07. The highest BCUT2D eigenvalue weighted by Crippen LogP contribution is 2.36. The van der Waals surface area contributed by atoms with E-state index in [0.29, 0.717) is 5.69 Å². The van der Waals surface area contributed by atoms with Crippen LogP contribution in [-0.2, 0) is 6.42 Å². The van der Waals surface area contributed by atoms with Crippen LogP contribution in [-0.4, -0.2) is 17.1 Å². The minimum absolute atomic E-state index is 0.0991. The van der Waals surface area contributed by atoms with Crippen LogP contribution >= 0.6 is 0 Å². The van der Waals surface area contributed by atoms with Crippen LogP contribution in [0.5, 0.6) is 0 Å². The van der Waals surface area contributed by atoms with E-state index in [0.717, 1.165) is 18.7 Å². The van der Waals surface area contributed by atoms with Crippen LogP contribution in [0.15, 0.2) is 42.6 Å². The van der Waals surface area contributed by atoms with Gasteiger partial charge in [0.15, 0.2) is 0 Å². The molecular formula is C19H21N3. The highest BCUT2D eigenvalue weighted by molar-refractivity contribution is 5.52. The molecule has 2 aromatic rings. The smallest absolute Gasteiger partial charge is 0.142 e. The molecule has 1 unspecified atom stereocenters. The highest BCUT2D eigenvalue weighted by Gasteiger charge is 2.36. The largest absolute Gasteiger partial charge is 0.366 e. The first-order chi connectivity index (χ1) is 10.6. The fourth-order valence-corrected chi connectivity index (χ4v) is 3.56. The number of hydrogen-bond donors (Lipinski definition) is 0. The fourth-order valence-electron chi connectivity index (χ4n) is 3.56. The Kier molecular flexibility index (Phi) is 3.85. The summed E-state index contributed by atoms with van der Waals surface area (Å²) >= 11 is 0. The van der Waals surface area contributed by atoms with Crippen molar-refractivity contribution in [1.82, 2.24) is 4.98 Å². The SMILES string of the molecule is Cc1cccc(CC2(C)CCCN2c2ccnc(C#N)c2)c1. The zero-order valence-electron chi connectivity index (χ0n) is 13.2. The number of aromatic nitrogens is 1. The summed E-state index contributed by atoms with van der Waals surface area (Å²) in [5.41, 5.74) is 4.38. The normalized spacial score (nSPS) is 20.9. The van der Waals surface area contributed by atoms with Crippen molar-refractivity contribution in [3.63, 3.8) is 0 Å². The van der Waals surface area contributed by atoms with Crippen LogP contribution in [0.2, 0.25) is 0 Å². The average Bonchev–Trinajstić information content (AvgIpc) is 2.88. The molecule has 0 radical (unpaired) electrons. The molecule has 1 fully saturated rings. The van der Waals surface area contributed by atoms with Crippen LogP contribution in [0.4, 0.5) is 5.69 Å². The molecule has 1 saturated heterocycles. The van der Waals surface area contributed by atoms with Gasteiger partial charge in [-0.3, -0.25) is 0 Å². The molecular weight excluding hydrogens is 270 g/mol. The quantitative estimate of drug-likeness (QED) is 0.862. The molecule has 22 heavy (non-hydrogen) atoms. The van der Waals surface area contributed by atoms with E-state index in [4.69, 9.17) is 5.26 Å². The molecule has 1 aliphatic rings. The van der Waals surface area contributed by atoms with Gasteiger partial charge < -0.3 is 4.90 Å². The molecule has 0 saturated carbocycles. The van der Waals surface area contributed by atoms with Gasteiger partial charge >= 0.3 is 0 Å². The standard InChI is InChI=1S/C19H21N3/c1-15-5-3-6-16(11-15)13-19(2)8-4-10-22(19)18-7-9-21-17(12-18)14-20/h3,5-7,9,11-12H,4,8,10,13H2,1-2H3. The van der Waals surface area contributed by atoms with E-state index in [1.165, 1.54) is 24.0 Å². The lowest BCUT2D eigenvalue weighted by atomic mass is 9.89. The number of benzene rings is 1. The summed E-state index contributed by atoms with van der Waals surface area (Å²) in [6, 6.07) is 14.8. The van der Waals surface area contributed by atoms with Gasteiger partial charge in [0.25, 0.3) is 0 Å². The number of hydrogen-bond acceptors (Lipinski definition) is 3. The van der Waals surface area contributed by atoms with E-state index >= 15 is 0 Å². The first-order valence-corrected chi connectivity index (χ1v) is 7.80. The molecule has 3 heteroatoms. The molecule has 1 aromatic carbocycles. The molecule has 0 spiro atoms. The van der Waals surface area contributed by atoms with Crippen molar-refractivity contribution in [2.24, 2.45) is 0 Å². The van der Waals surface area contributed by atoms with E-state index in [9.17, 15) is 0 Å². The molecule has 1 aliphatic heterocycles. The number of rotatable bonds is 3. The Morgan fingerprint density at radius 1 is 1.32 bits per heavy atom. The Bertz CT molecular complexity index is 717. The Morgan fingerprint density at radius 2 is 2.18 bits per heavy atom. The molecule has 1 atom stereocenters. The van der Waals surface area contributed by atoms with E-state index in [1.807, 2.05) is 12.1 Å². The van der Waals surface area contributed by atoms with Crippen molar-refractivity contribution in [2.75, 3.05) is 11.4 Å². The molecule has 3 rings (SSSR count). The second kappa shape index (κ2) is 5.81.